The lowest BCUT2D eigenvalue weighted by atomic mass is 10.0. The van der Waals surface area contributed by atoms with Crippen LogP contribution in [0.3, 0.4) is 0 Å². The van der Waals surface area contributed by atoms with Crippen LogP contribution in [-0.2, 0) is 0 Å². The van der Waals surface area contributed by atoms with E-state index in [0.29, 0.717) is 6.42 Å². The predicted molar refractivity (Wildman–Crippen MR) is 59.9 cm³/mol. The Balaban J connectivity index is 2.73. The average molecular weight is 229 g/mol. The third-order valence-electron chi connectivity index (χ3n) is 2.25. The highest BCUT2D eigenvalue weighted by Crippen LogP contribution is 2.21. The third kappa shape index (κ3) is 3.31. The Labute approximate surface area is 94.3 Å². The topological polar surface area (TPSA) is 17.1 Å². The summed E-state index contributed by atoms with van der Waals surface area (Å²) in [7, 11) is 0. The van der Waals surface area contributed by atoms with Gasteiger partial charge < -0.3 is 0 Å². The number of ketones is 1. The summed E-state index contributed by atoms with van der Waals surface area (Å²) >= 11 is 5.78. The zero-order valence-electron chi connectivity index (χ0n) is 8.72. The number of carbonyl (C=O) groups excluding carboxylic acids is 1. The molecule has 0 fully saturated rings. The monoisotopic (exact) mass is 228 g/mol. The Morgan fingerprint density at radius 3 is 2.73 bits per heavy atom. The van der Waals surface area contributed by atoms with Crippen molar-refractivity contribution in [3.05, 3.63) is 34.6 Å². The normalized spacial score (nSPS) is 10.3. The SMILES string of the molecule is CCCCCC(=O)c1c(F)cccc1Cl. The molecule has 82 valence electrons. The van der Waals surface area contributed by atoms with Gasteiger partial charge in [0.1, 0.15) is 5.82 Å². The fraction of sp³-hybridized carbons (Fsp3) is 0.417. The van der Waals surface area contributed by atoms with Crippen LogP contribution in [0.1, 0.15) is 43.0 Å². The number of hydrogen-bond donors (Lipinski definition) is 0. The molecule has 1 aromatic carbocycles. The van der Waals surface area contributed by atoms with E-state index in [1.807, 2.05) is 0 Å². The molecule has 0 atom stereocenters. The molecule has 0 saturated carbocycles. The van der Waals surface area contributed by atoms with Crippen molar-refractivity contribution in [3.63, 3.8) is 0 Å². The largest absolute Gasteiger partial charge is 0.294 e. The van der Waals surface area contributed by atoms with Gasteiger partial charge in [-0.05, 0) is 18.6 Å². The first-order valence-electron chi connectivity index (χ1n) is 5.14. The molecule has 0 spiro atoms. The zero-order valence-corrected chi connectivity index (χ0v) is 9.48. The van der Waals surface area contributed by atoms with Crippen molar-refractivity contribution >= 4 is 17.4 Å². The maximum absolute atomic E-state index is 13.3. The number of rotatable bonds is 5. The molecule has 0 heterocycles. The van der Waals surface area contributed by atoms with Crippen molar-refractivity contribution in [2.45, 2.75) is 32.6 Å². The highest BCUT2D eigenvalue weighted by atomic mass is 35.5. The van der Waals surface area contributed by atoms with E-state index in [1.165, 1.54) is 18.2 Å². The van der Waals surface area contributed by atoms with E-state index < -0.39 is 5.82 Å². The molecule has 1 nitrogen and oxygen atoms in total. The molecule has 0 radical (unpaired) electrons. The highest BCUT2D eigenvalue weighted by Gasteiger charge is 2.14. The Morgan fingerprint density at radius 2 is 2.13 bits per heavy atom. The van der Waals surface area contributed by atoms with Gasteiger partial charge in [0, 0.05) is 6.42 Å². The maximum Gasteiger partial charge on any atom is 0.167 e. The molecule has 0 bridgehead atoms. The van der Waals surface area contributed by atoms with Crippen LogP contribution < -0.4 is 0 Å². The van der Waals surface area contributed by atoms with Crippen LogP contribution in [0.2, 0.25) is 5.02 Å². The number of benzene rings is 1. The molecule has 0 aliphatic carbocycles. The molecular weight excluding hydrogens is 215 g/mol. The molecular formula is C12H14ClFO. The van der Waals surface area contributed by atoms with Crippen LogP contribution in [0.4, 0.5) is 4.39 Å². The van der Waals surface area contributed by atoms with Crippen molar-refractivity contribution in [1.29, 1.82) is 0 Å². The van der Waals surface area contributed by atoms with E-state index in [2.05, 4.69) is 6.92 Å². The Bertz CT molecular complexity index is 329. The minimum absolute atomic E-state index is 0.0373. The minimum atomic E-state index is -0.524. The second-order valence-electron chi connectivity index (χ2n) is 3.48. The summed E-state index contributed by atoms with van der Waals surface area (Å²) < 4.78 is 13.3. The molecule has 0 aliphatic rings. The maximum atomic E-state index is 13.3. The smallest absolute Gasteiger partial charge is 0.167 e. The number of unbranched alkanes of at least 4 members (excludes halogenated alkanes) is 2. The van der Waals surface area contributed by atoms with E-state index in [1.54, 1.807) is 0 Å². The lowest BCUT2D eigenvalue weighted by Crippen LogP contribution is -2.03. The van der Waals surface area contributed by atoms with Gasteiger partial charge in [0.05, 0.1) is 10.6 Å². The van der Waals surface area contributed by atoms with Gasteiger partial charge >= 0.3 is 0 Å². The van der Waals surface area contributed by atoms with E-state index in [-0.39, 0.29) is 16.4 Å². The summed E-state index contributed by atoms with van der Waals surface area (Å²) in [5, 5.41) is 0.205. The third-order valence-corrected chi connectivity index (χ3v) is 2.56. The minimum Gasteiger partial charge on any atom is -0.294 e. The van der Waals surface area contributed by atoms with Crippen LogP contribution >= 0.6 is 11.6 Å². The number of carbonyl (C=O) groups is 1. The molecule has 0 aromatic heterocycles. The average Bonchev–Trinajstić information content (AvgIpc) is 2.18. The predicted octanol–water partition coefficient (Wildman–Crippen LogP) is 4.24. The fourth-order valence-electron chi connectivity index (χ4n) is 1.42. The van der Waals surface area contributed by atoms with E-state index in [0.717, 1.165) is 19.3 Å². The Hall–Kier alpha value is -0.890. The lowest BCUT2D eigenvalue weighted by Gasteiger charge is -2.04. The van der Waals surface area contributed by atoms with E-state index >= 15 is 0 Å². The first-order chi connectivity index (χ1) is 7.16. The second kappa shape index (κ2) is 5.86. The van der Waals surface area contributed by atoms with Gasteiger partial charge in [-0.15, -0.1) is 0 Å². The number of hydrogen-bond acceptors (Lipinski definition) is 1. The summed E-state index contributed by atoms with van der Waals surface area (Å²) in [6.45, 7) is 2.06. The van der Waals surface area contributed by atoms with Gasteiger partial charge in [-0.25, -0.2) is 4.39 Å². The van der Waals surface area contributed by atoms with Gasteiger partial charge in [-0.1, -0.05) is 37.4 Å². The van der Waals surface area contributed by atoms with Crippen molar-refractivity contribution in [2.75, 3.05) is 0 Å². The quantitative estimate of drug-likeness (QED) is 0.544. The van der Waals surface area contributed by atoms with Gasteiger partial charge in [-0.3, -0.25) is 4.79 Å². The molecule has 0 saturated heterocycles. The van der Waals surface area contributed by atoms with Crippen molar-refractivity contribution in [2.24, 2.45) is 0 Å². The van der Waals surface area contributed by atoms with Crippen molar-refractivity contribution in [1.82, 2.24) is 0 Å². The van der Waals surface area contributed by atoms with Crippen molar-refractivity contribution < 1.29 is 9.18 Å². The van der Waals surface area contributed by atoms with Crippen LogP contribution in [0, 0.1) is 5.82 Å². The van der Waals surface area contributed by atoms with Crippen LogP contribution in [0.5, 0.6) is 0 Å². The molecule has 3 heteroatoms. The summed E-state index contributed by atoms with van der Waals surface area (Å²) in [6, 6.07) is 4.30. The Morgan fingerprint density at radius 1 is 1.40 bits per heavy atom. The molecule has 0 unspecified atom stereocenters. The van der Waals surface area contributed by atoms with E-state index in [9.17, 15) is 9.18 Å². The summed E-state index contributed by atoms with van der Waals surface area (Å²) in [4.78, 5) is 11.6. The van der Waals surface area contributed by atoms with Gasteiger partial charge in [0.25, 0.3) is 0 Å². The van der Waals surface area contributed by atoms with Crippen LogP contribution in [-0.4, -0.2) is 5.78 Å². The first kappa shape index (κ1) is 12.2. The standard InChI is InChI=1S/C12H14ClFO/c1-2-3-4-8-11(15)12-9(13)6-5-7-10(12)14/h5-7H,2-4,8H2,1H3. The summed E-state index contributed by atoms with van der Waals surface area (Å²) in [5.74, 6) is -0.726. The van der Waals surface area contributed by atoms with Crippen molar-refractivity contribution in [3.8, 4) is 0 Å². The molecule has 0 aliphatic heterocycles. The second-order valence-corrected chi connectivity index (χ2v) is 3.88. The van der Waals surface area contributed by atoms with Crippen LogP contribution in [0.25, 0.3) is 0 Å². The molecule has 0 N–H and O–H groups in total. The molecule has 15 heavy (non-hydrogen) atoms. The number of halogens is 2. The molecule has 1 rings (SSSR count). The number of Topliss-reactive ketones (excluding diaryl/α,β-unsaturated/α-hetero) is 1. The van der Waals surface area contributed by atoms with Gasteiger partial charge in [0.15, 0.2) is 5.78 Å². The van der Waals surface area contributed by atoms with Gasteiger partial charge in [-0.2, -0.15) is 0 Å². The highest BCUT2D eigenvalue weighted by molar-refractivity contribution is 6.34. The van der Waals surface area contributed by atoms with Gasteiger partial charge in [0.2, 0.25) is 0 Å². The molecule has 1 aromatic rings. The summed E-state index contributed by atoms with van der Waals surface area (Å²) in [5.41, 5.74) is 0.0373. The first-order valence-corrected chi connectivity index (χ1v) is 5.51. The lowest BCUT2D eigenvalue weighted by molar-refractivity contribution is 0.0975. The fourth-order valence-corrected chi connectivity index (χ4v) is 1.69. The Kier molecular flexibility index (Phi) is 4.76. The zero-order chi connectivity index (χ0) is 11.3. The van der Waals surface area contributed by atoms with E-state index in [4.69, 9.17) is 11.6 Å². The summed E-state index contributed by atoms with van der Waals surface area (Å²) in [6.07, 6.45) is 3.19. The molecule has 0 amide bonds. The van der Waals surface area contributed by atoms with Crippen LogP contribution in [0.15, 0.2) is 18.2 Å².